The minimum absolute atomic E-state index is 0.0279. The van der Waals surface area contributed by atoms with Crippen LogP contribution in [0.5, 0.6) is 0 Å². The number of aromatic nitrogens is 2. The lowest BCUT2D eigenvalue weighted by Crippen LogP contribution is -2.22. The second-order valence-corrected chi connectivity index (χ2v) is 7.33. The highest BCUT2D eigenvalue weighted by molar-refractivity contribution is 7.19. The summed E-state index contributed by atoms with van der Waals surface area (Å²) in [5.41, 5.74) is 1.78. The van der Waals surface area contributed by atoms with Gasteiger partial charge in [-0.15, -0.1) is 11.3 Å². The molecule has 0 saturated heterocycles. The van der Waals surface area contributed by atoms with E-state index >= 15 is 0 Å². The summed E-state index contributed by atoms with van der Waals surface area (Å²) in [5.74, 6) is -1.90. The first-order chi connectivity index (χ1) is 12.8. The fourth-order valence-corrected chi connectivity index (χ4v) is 3.95. The van der Waals surface area contributed by atoms with Gasteiger partial charge >= 0.3 is 0 Å². The number of aromatic carboxylic acids is 1. The largest absolute Gasteiger partial charge is 0.545 e. The van der Waals surface area contributed by atoms with Crippen molar-refractivity contribution in [2.24, 2.45) is 0 Å². The van der Waals surface area contributed by atoms with E-state index in [9.17, 15) is 19.5 Å². The first-order valence-corrected chi connectivity index (χ1v) is 9.37. The Morgan fingerprint density at radius 3 is 2.41 bits per heavy atom. The number of hydrogen-bond donors (Lipinski definition) is 2. The monoisotopic (exact) mass is 401 g/mol. The number of nitrogens with one attached hydrogen (secondary N) is 2. The maximum Gasteiger partial charge on any atom is 0.284 e. The van der Waals surface area contributed by atoms with E-state index in [1.165, 1.54) is 53.9 Å². The van der Waals surface area contributed by atoms with Crippen molar-refractivity contribution in [1.82, 2.24) is 9.97 Å². The molecule has 0 fully saturated rings. The molecule has 27 heavy (non-hydrogen) atoms. The summed E-state index contributed by atoms with van der Waals surface area (Å²) >= 11 is 2.46. The van der Waals surface area contributed by atoms with Gasteiger partial charge in [-0.1, -0.05) is 23.5 Å². The lowest BCUT2D eigenvalue weighted by molar-refractivity contribution is -0.255. The van der Waals surface area contributed by atoms with E-state index in [0.717, 1.165) is 4.88 Å². The molecule has 0 spiro atoms. The van der Waals surface area contributed by atoms with E-state index in [2.05, 4.69) is 20.6 Å². The molecule has 0 radical (unpaired) electrons. The topological polar surface area (TPSA) is 124 Å². The summed E-state index contributed by atoms with van der Waals surface area (Å²) in [4.78, 5) is 43.6. The molecule has 1 aromatic carbocycles. The maximum absolute atomic E-state index is 12.4. The minimum atomic E-state index is -1.28. The molecule has 0 aliphatic carbocycles. The van der Waals surface area contributed by atoms with Gasteiger partial charge in [0.25, 0.3) is 5.91 Å². The molecule has 2 heterocycles. The smallest absolute Gasteiger partial charge is 0.284 e. The quantitative estimate of drug-likeness (QED) is 0.675. The van der Waals surface area contributed by atoms with Crippen molar-refractivity contribution in [2.75, 3.05) is 10.6 Å². The molecule has 10 heteroatoms. The molecule has 0 aliphatic rings. The van der Waals surface area contributed by atoms with Crippen LogP contribution in [0, 0.1) is 6.92 Å². The van der Waals surface area contributed by atoms with Crippen molar-refractivity contribution in [2.45, 2.75) is 13.8 Å². The average molecular weight is 401 g/mol. The number of carboxylic acid groups (broad SMARTS) is 1. The highest BCUT2D eigenvalue weighted by atomic mass is 32.1. The number of hydrogen-bond acceptors (Lipinski definition) is 8. The third-order valence-corrected chi connectivity index (χ3v) is 5.33. The van der Waals surface area contributed by atoms with Crippen LogP contribution in [-0.2, 0) is 4.79 Å². The highest BCUT2D eigenvalue weighted by Crippen LogP contribution is 2.33. The Kier molecular flexibility index (Phi) is 5.28. The molecular weight excluding hydrogens is 388 g/mol. The zero-order valence-electron chi connectivity index (χ0n) is 14.2. The van der Waals surface area contributed by atoms with Crippen LogP contribution in [0.4, 0.5) is 10.8 Å². The Balaban J connectivity index is 1.75. The first kappa shape index (κ1) is 18.7. The van der Waals surface area contributed by atoms with Crippen molar-refractivity contribution in [1.29, 1.82) is 0 Å². The number of anilines is 2. The van der Waals surface area contributed by atoms with Crippen LogP contribution >= 0.6 is 22.7 Å². The zero-order chi connectivity index (χ0) is 19.6. The molecule has 3 aromatic rings. The summed E-state index contributed by atoms with van der Waals surface area (Å²) < 4.78 is 0. The molecule has 2 amide bonds. The predicted molar refractivity (Wildman–Crippen MR) is 101 cm³/mol. The number of carbonyl (C=O) groups is 3. The van der Waals surface area contributed by atoms with Gasteiger partial charge in [0.05, 0.1) is 22.2 Å². The second-order valence-electron chi connectivity index (χ2n) is 5.47. The lowest BCUT2D eigenvalue weighted by atomic mass is 10.2. The first-order valence-electron chi connectivity index (χ1n) is 7.67. The highest BCUT2D eigenvalue weighted by Gasteiger charge is 2.17. The molecule has 0 bridgehead atoms. The van der Waals surface area contributed by atoms with Gasteiger partial charge in [-0.25, -0.2) is 9.97 Å². The van der Waals surface area contributed by atoms with Gasteiger partial charge in [-0.2, -0.15) is 0 Å². The number of rotatable bonds is 5. The maximum atomic E-state index is 12.4. The number of amides is 2. The van der Waals surface area contributed by atoms with Crippen LogP contribution in [0.3, 0.4) is 0 Å². The molecule has 0 atom stereocenters. The fraction of sp³-hybridized carbons (Fsp3) is 0.118. The van der Waals surface area contributed by atoms with Crippen molar-refractivity contribution < 1.29 is 19.5 Å². The van der Waals surface area contributed by atoms with Crippen LogP contribution in [0.15, 0.2) is 29.6 Å². The van der Waals surface area contributed by atoms with Gasteiger partial charge in [0.1, 0.15) is 0 Å². The summed E-state index contributed by atoms with van der Waals surface area (Å²) in [6.07, 6.45) is 0. The Morgan fingerprint density at radius 2 is 1.78 bits per heavy atom. The van der Waals surface area contributed by atoms with Gasteiger partial charge in [0, 0.05) is 18.0 Å². The Morgan fingerprint density at radius 1 is 1.07 bits per heavy atom. The molecule has 0 saturated carbocycles. The van der Waals surface area contributed by atoms with E-state index in [1.54, 1.807) is 12.3 Å². The fourth-order valence-electron chi connectivity index (χ4n) is 2.19. The van der Waals surface area contributed by atoms with E-state index in [-0.39, 0.29) is 16.5 Å². The molecule has 138 valence electrons. The number of aryl methyl sites for hydroxylation is 1. The van der Waals surface area contributed by atoms with Crippen LogP contribution in [0.1, 0.15) is 32.8 Å². The minimum Gasteiger partial charge on any atom is -0.545 e. The molecule has 2 N–H and O–H groups in total. The molecule has 0 unspecified atom stereocenters. The average Bonchev–Trinajstić information content (AvgIpc) is 3.21. The van der Waals surface area contributed by atoms with Gasteiger partial charge in [-0.3, -0.25) is 9.59 Å². The Bertz CT molecular complexity index is 1020. The molecule has 8 nitrogen and oxygen atoms in total. The van der Waals surface area contributed by atoms with Gasteiger partial charge < -0.3 is 20.5 Å². The second kappa shape index (κ2) is 7.64. The van der Waals surface area contributed by atoms with E-state index in [0.29, 0.717) is 22.2 Å². The third kappa shape index (κ3) is 4.36. The summed E-state index contributed by atoms with van der Waals surface area (Å²) in [6.45, 7) is 3.20. The Labute approximate surface area is 161 Å². The molecule has 3 rings (SSSR count). The number of benzene rings is 1. The number of thiazole rings is 2. The molecule has 0 aliphatic heterocycles. The number of nitrogens with zero attached hydrogens (tertiary/aromatic N) is 2. The standard InChI is InChI=1S/C17H14N4O4S2/c1-8-13(27-17(18-8)19-9(2)22)12-7-26-15(21-12)14(23)20-11-5-3-10(4-6-11)16(24)25/h3-7H,1-2H3,(H,20,23)(H,24,25)(H,18,19,22)/p-1. The molecule has 2 aromatic heterocycles. The van der Waals surface area contributed by atoms with Crippen molar-refractivity contribution in [3.63, 3.8) is 0 Å². The zero-order valence-corrected chi connectivity index (χ0v) is 15.9. The van der Waals surface area contributed by atoms with Crippen molar-refractivity contribution in [3.8, 4) is 10.6 Å². The lowest BCUT2D eigenvalue weighted by Gasteiger charge is -2.05. The molecular formula is C17H13N4O4S2-. The summed E-state index contributed by atoms with van der Waals surface area (Å²) in [6, 6.07) is 5.65. The Hall–Kier alpha value is -3.11. The van der Waals surface area contributed by atoms with Gasteiger partial charge in [0.2, 0.25) is 5.91 Å². The number of carbonyl (C=O) groups excluding carboxylic acids is 3. The van der Waals surface area contributed by atoms with Crippen LogP contribution in [0.25, 0.3) is 10.6 Å². The normalized spacial score (nSPS) is 10.4. The van der Waals surface area contributed by atoms with Gasteiger partial charge in [-0.05, 0) is 24.6 Å². The van der Waals surface area contributed by atoms with Crippen molar-refractivity contribution in [3.05, 3.63) is 45.9 Å². The number of carboxylic acids is 1. The SMILES string of the molecule is CC(=O)Nc1nc(C)c(-c2csc(C(=O)Nc3ccc(C(=O)[O-])cc3)n2)s1. The van der Waals surface area contributed by atoms with Crippen LogP contribution < -0.4 is 15.7 Å². The van der Waals surface area contributed by atoms with Crippen LogP contribution in [0.2, 0.25) is 0 Å². The van der Waals surface area contributed by atoms with Crippen molar-refractivity contribution >= 4 is 51.3 Å². The van der Waals surface area contributed by atoms with Gasteiger partial charge in [0.15, 0.2) is 10.1 Å². The summed E-state index contributed by atoms with van der Waals surface area (Å²) in [7, 11) is 0. The van der Waals surface area contributed by atoms with E-state index < -0.39 is 11.9 Å². The predicted octanol–water partition coefficient (Wildman–Crippen LogP) is 2.15. The third-order valence-electron chi connectivity index (χ3n) is 3.39. The van der Waals surface area contributed by atoms with E-state index in [1.807, 2.05) is 0 Å². The summed E-state index contributed by atoms with van der Waals surface area (Å²) in [5, 5.41) is 18.5. The van der Waals surface area contributed by atoms with Crippen LogP contribution in [-0.4, -0.2) is 27.8 Å². The van der Waals surface area contributed by atoms with E-state index in [4.69, 9.17) is 0 Å².